The van der Waals surface area contributed by atoms with Crippen LogP contribution in [0.3, 0.4) is 0 Å². The van der Waals surface area contributed by atoms with E-state index in [1.54, 1.807) is 44.3 Å². The summed E-state index contributed by atoms with van der Waals surface area (Å²) in [5, 5.41) is 6.42. The van der Waals surface area contributed by atoms with E-state index in [1.165, 1.54) is 6.07 Å². The lowest BCUT2D eigenvalue weighted by molar-refractivity contribution is 0.581. The van der Waals surface area contributed by atoms with Crippen molar-refractivity contribution in [2.24, 2.45) is 4.99 Å². The van der Waals surface area contributed by atoms with Gasteiger partial charge in [-0.2, -0.15) is 0 Å². The van der Waals surface area contributed by atoms with Gasteiger partial charge in [-0.15, -0.1) is 0 Å². The molecule has 0 amide bonds. The van der Waals surface area contributed by atoms with Crippen LogP contribution in [0.1, 0.15) is 42.5 Å². The van der Waals surface area contributed by atoms with E-state index in [1.807, 2.05) is 13.0 Å². The Morgan fingerprint density at radius 1 is 1.21 bits per heavy atom. The fourth-order valence-electron chi connectivity index (χ4n) is 2.82. The fraction of sp³-hybridized carbons (Fsp3) is 0.381. The van der Waals surface area contributed by atoms with Crippen molar-refractivity contribution in [1.29, 1.82) is 0 Å². The third-order valence-electron chi connectivity index (χ3n) is 4.87. The number of nitrogens with one attached hydrogen (secondary N) is 3. The minimum Gasteiger partial charge on any atom is -0.352 e. The predicted molar refractivity (Wildman–Crippen MR) is 113 cm³/mol. The van der Waals surface area contributed by atoms with Crippen molar-refractivity contribution in [3.63, 3.8) is 0 Å². The van der Waals surface area contributed by atoms with Crippen LogP contribution in [-0.4, -0.2) is 27.5 Å². The molecule has 0 heterocycles. The molecule has 1 saturated carbocycles. The van der Waals surface area contributed by atoms with Gasteiger partial charge >= 0.3 is 0 Å². The van der Waals surface area contributed by atoms with Gasteiger partial charge in [0, 0.05) is 19.6 Å². The molecule has 1 atom stereocenters. The van der Waals surface area contributed by atoms with E-state index in [0.29, 0.717) is 18.1 Å². The van der Waals surface area contributed by atoms with Crippen LogP contribution in [0.25, 0.3) is 0 Å². The number of benzene rings is 2. The molecule has 0 aromatic heterocycles. The molecule has 156 valence electrons. The summed E-state index contributed by atoms with van der Waals surface area (Å²) >= 11 is 0. The van der Waals surface area contributed by atoms with E-state index in [-0.39, 0.29) is 22.8 Å². The number of halogens is 1. The summed E-state index contributed by atoms with van der Waals surface area (Å²) in [5.74, 6) is 0.343. The van der Waals surface area contributed by atoms with Gasteiger partial charge in [-0.05, 0) is 61.6 Å². The summed E-state index contributed by atoms with van der Waals surface area (Å²) in [6.07, 6.45) is 1.81. The molecule has 3 rings (SSSR count). The molecule has 1 unspecified atom stereocenters. The van der Waals surface area contributed by atoms with E-state index < -0.39 is 10.0 Å². The van der Waals surface area contributed by atoms with Gasteiger partial charge in [0.25, 0.3) is 0 Å². The average molecular weight is 419 g/mol. The maximum Gasteiger partial charge on any atom is 0.240 e. The molecule has 1 aliphatic carbocycles. The third-order valence-corrected chi connectivity index (χ3v) is 6.40. The SMILES string of the molecule is CN=C(NCc1ccc(S(=O)(=O)NC2CC2)cc1)NC(C)c1ccc(C)c(F)c1. The highest BCUT2D eigenvalue weighted by molar-refractivity contribution is 7.89. The van der Waals surface area contributed by atoms with Crippen molar-refractivity contribution in [2.75, 3.05) is 7.05 Å². The van der Waals surface area contributed by atoms with Crippen LogP contribution in [0.2, 0.25) is 0 Å². The molecule has 0 saturated heterocycles. The zero-order chi connectivity index (χ0) is 21.0. The van der Waals surface area contributed by atoms with Crippen molar-refractivity contribution in [1.82, 2.24) is 15.4 Å². The Morgan fingerprint density at radius 3 is 2.48 bits per heavy atom. The molecular weight excluding hydrogens is 391 g/mol. The summed E-state index contributed by atoms with van der Waals surface area (Å²) in [7, 11) is -1.78. The van der Waals surface area contributed by atoms with Gasteiger partial charge in [0.2, 0.25) is 10.0 Å². The van der Waals surface area contributed by atoms with Crippen molar-refractivity contribution in [3.05, 3.63) is 65.0 Å². The molecule has 2 aromatic rings. The Bertz CT molecular complexity index is 986. The van der Waals surface area contributed by atoms with Gasteiger partial charge in [-0.1, -0.05) is 24.3 Å². The zero-order valence-corrected chi connectivity index (χ0v) is 17.7. The molecule has 0 radical (unpaired) electrons. The standard InChI is InChI=1S/C21H27FN4O2S/c1-14-4-7-17(12-20(14)22)15(2)25-21(23-3)24-13-16-5-10-19(11-6-16)29(27,28)26-18-8-9-18/h4-7,10-12,15,18,26H,8-9,13H2,1-3H3,(H2,23,24,25). The van der Waals surface area contributed by atoms with Crippen LogP contribution >= 0.6 is 0 Å². The quantitative estimate of drug-likeness (QED) is 0.477. The number of aryl methyl sites for hydroxylation is 1. The Kier molecular flexibility index (Phi) is 6.54. The molecular formula is C21H27FN4O2S. The molecule has 0 bridgehead atoms. The third kappa shape index (κ3) is 5.77. The van der Waals surface area contributed by atoms with E-state index in [9.17, 15) is 12.8 Å². The first kappa shape index (κ1) is 21.3. The molecule has 1 aliphatic rings. The first-order valence-corrected chi connectivity index (χ1v) is 11.1. The Labute approximate surface area is 171 Å². The van der Waals surface area contributed by atoms with Crippen LogP contribution in [0.4, 0.5) is 4.39 Å². The van der Waals surface area contributed by atoms with Crippen molar-refractivity contribution >= 4 is 16.0 Å². The maximum absolute atomic E-state index is 13.8. The van der Waals surface area contributed by atoms with Crippen LogP contribution in [0.5, 0.6) is 0 Å². The lowest BCUT2D eigenvalue weighted by atomic mass is 10.1. The number of hydrogen-bond donors (Lipinski definition) is 3. The van der Waals surface area contributed by atoms with Crippen LogP contribution in [0.15, 0.2) is 52.4 Å². The highest BCUT2D eigenvalue weighted by Crippen LogP contribution is 2.22. The largest absolute Gasteiger partial charge is 0.352 e. The van der Waals surface area contributed by atoms with Gasteiger partial charge in [-0.25, -0.2) is 17.5 Å². The number of guanidine groups is 1. The first-order chi connectivity index (χ1) is 13.8. The normalized spacial score (nSPS) is 15.8. The molecule has 0 spiro atoms. The Hall–Kier alpha value is -2.45. The van der Waals surface area contributed by atoms with Gasteiger partial charge in [-0.3, -0.25) is 4.99 Å². The molecule has 8 heteroatoms. The Balaban J connectivity index is 1.56. The van der Waals surface area contributed by atoms with Gasteiger partial charge in [0.1, 0.15) is 5.82 Å². The van der Waals surface area contributed by atoms with Gasteiger partial charge in [0.05, 0.1) is 10.9 Å². The number of rotatable bonds is 7. The van der Waals surface area contributed by atoms with Gasteiger partial charge < -0.3 is 10.6 Å². The minimum atomic E-state index is -3.44. The smallest absolute Gasteiger partial charge is 0.240 e. The fourth-order valence-corrected chi connectivity index (χ4v) is 4.13. The summed E-state index contributed by atoms with van der Waals surface area (Å²) < 4.78 is 40.9. The molecule has 1 fully saturated rings. The van der Waals surface area contributed by atoms with Crippen molar-refractivity contribution in [3.8, 4) is 0 Å². The number of sulfonamides is 1. The highest BCUT2D eigenvalue weighted by atomic mass is 32.2. The predicted octanol–water partition coefficient (Wildman–Crippen LogP) is 3.00. The van der Waals surface area contributed by atoms with E-state index >= 15 is 0 Å². The van der Waals surface area contributed by atoms with Gasteiger partial charge in [0.15, 0.2) is 5.96 Å². The number of nitrogens with zero attached hydrogens (tertiary/aromatic N) is 1. The summed E-state index contributed by atoms with van der Waals surface area (Å²) in [6, 6.07) is 11.9. The number of hydrogen-bond acceptors (Lipinski definition) is 3. The van der Waals surface area contributed by atoms with E-state index in [2.05, 4.69) is 20.3 Å². The summed E-state index contributed by atoms with van der Waals surface area (Å²) in [4.78, 5) is 4.47. The van der Waals surface area contributed by atoms with Crippen LogP contribution in [-0.2, 0) is 16.6 Å². The van der Waals surface area contributed by atoms with Crippen LogP contribution < -0.4 is 15.4 Å². The van der Waals surface area contributed by atoms with E-state index in [4.69, 9.17) is 0 Å². The lowest BCUT2D eigenvalue weighted by Gasteiger charge is -2.19. The Morgan fingerprint density at radius 2 is 1.90 bits per heavy atom. The minimum absolute atomic E-state index is 0.0831. The molecule has 3 N–H and O–H groups in total. The number of aliphatic imine (C=N–C) groups is 1. The van der Waals surface area contributed by atoms with E-state index in [0.717, 1.165) is 24.0 Å². The second-order valence-electron chi connectivity index (χ2n) is 7.34. The highest BCUT2D eigenvalue weighted by Gasteiger charge is 2.27. The first-order valence-electron chi connectivity index (χ1n) is 9.63. The second-order valence-corrected chi connectivity index (χ2v) is 9.05. The maximum atomic E-state index is 13.8. The lowest BCUT2D eigenvalue weighted by Crippen LogP contribution is -2.38. The molecule has 29 heavy (non-hydrogen) atoms. The molecule has 6 nitrogen and oxygen atoms in total. The monoisotopic (exact) mass is 418 g/mol. The summed E-state index contributed by atoms with van der Waals surface area (Å²) in [5.41, 5.74) is 2.36. The molecule has 0 aliphatic heterocycles. The average Bonchev–Trinajstić information content (AvgIpc) is 3.50. The second kappa shape index (κ2) is 8.92. The molecule has 2 aromatic carbocycles. The zero-order valence-electron chi connectivity index (χ0n) is 16.9. The topological polar surface area (TPSA) is 82.6 Å². The van der Waals surface area contributed by atoms with Crippen molar-refractivity contribution in [2.45, 2.75) is 50.2 Å². The summed E-state index contributed by atoms with van der Waals surface area (Å²) in [6.45, 7) is 4.14. The van der Waals surface area contributed by atoms with Crippen LogP contribution in [0, 0.1) is 12.7 Å². The van der Waals surface area contributed by atoms with Crippen molar-refractivity contribution < 1.29 is 12.8 Å².